The van der Waals surface area contributed by atoms with Crippen molar-refractivity contribution in [2.45, 2.75) is 70.4 Å². The Morgan fingerprint density at radius 3 is 2.58 bits per heavy atom. The van der Waals surface area contributed by atoms with Gasteiger partial charge in [0.05, 0.1) is 0 Å². The predicted octanol–water partition coefficient (Wildman–Crippen LogP) is 2.35. The van der Waals surface area contributed by atoms with Gasteiger partial charge in [-0.25, -0.2) is 9.97 Å². The zero-order valence-corrected chi connectivity index (χ0v) is 11.8. The molecule has 1 aromatic heterocycles. The topological polar surface area (TPSA) is 63.8 Å². The smallest absolute Gasteiger partial charge is 0.223 e. The van der Waals surface area contributed by atoms with Gasteiger partial charge in [0.25, 0.3) is 0 Å². The lowest BCUT2D eigenvalue weighted by molar-refractivity contribution is 0.409. The van der Waals surface area contributed by atoms with Crippen molar-refractivity contribution in [2.75, 3.05) is 5.32 Å². The van der Waals surface area contributed by atoms with Crippen LogP contribution >= 0.6 is 0 Å². The van der Waals surface area contributed by atoms with Crippen LogP contribution in [0.3, 0.4) is 0 Å². The molecule has 2 aliphatic carbocycles. The van der Waals surface area contributed by atoms with Crippen molar-refractivity contribution in [3.8, 4) is 0 Å². The molecule has 104 valence electrons. The van der Waals surface area contributed by atoms with Gasteiger partial charge in [-0.3, -0.25) is 0 Å². The molecule has 1 fully saturated rings. The minimum absolute atomic E-state index is 0.393. The van der Waals surface area contributed by atoms with Crippen LogP contribution in [0.15, 0.2) is 0 Å². The van der Waals surface area contributed by atoms with Gasteiger partial charge in [-0.1, -0.05) is 0 Å². The van der Waals surface area contributed by atoms with E-state index in [-0.39, 0.29) is 0 Å². The Kier molecular flexibility index (Phi) is 3.69. The number of hydrogen-bond acceptors (Lipinski definition) is 4. The van der Waals surface area contributed by atoms with Crippen molar-refractivity contribution < 1.29 is 0 Å². The highest BCUT2D eigenvalue weighted by Crippen LogP contribution is 2.24. The van der Waals surface area contributed by atoms with Crippen LogP contribution < -0.4 is 11.1 Å². The zero-order chi connectivity index (χ0) is 13.2. The van der Waals surface area contributed by atoms with Crippen LogP contribution in [-0.2, 0) is 12.8 Å². The summed E-state index contributed by atoms with van der Waals surface area (Å²) < 4.78 is 0. The predicted molar refractivity (Wildman–Crippen MR) is 77.3 cm³/mol. The van der Waals surface area contributed by atoms with Gasteiger partial charge in [0.1, 0.15) is 0 Å². The average Bonchev–Trinajstić information content (AvgIpc) is 2.42. The molecule has 3 rings (SSSR count). The molecule has 4 heteroatoms. The number of hydrogen-bond donors (Lipinski definition) is 2. The van der Waals surface area contributed by atoms with Crippen molar-refractivity contribution in [3.63, 3.8) is 0 Å². The van der Waals surface area contributed by atoms with E-state index in [2.05, 4.69) is 17.2 Å². The molecular weight excluding hydrogens is 236 g/mol. The van der Waals surface area contributed by atoms with Crippen LogP contribution in [0.4, 0.5) is 5.95 Å². The summed E-state index contributed by atoms with van der Waals surface area (Å²) in [5, 5.41) is 3.51. The number of aromatic nitrogens is 2. The molecule has 0 aromatic carbocycles. The zero-order valence-electron chi connectivity index (χ0n) is 11.8. The highest BCUT2D eigenvalue weighted by atomic mass is 15.1. The van der Waals surface area contributed by atoms with E-state index in [1.807, 2.05) is 0 Å². The first kappa shape index (κ1) is 12.9. The first-order valence-electron chi connectivity index (χ1n) is 7.61. The third kappa shape index (κ3) is 2.89. The monoisotopic (exact) mass is 260 g/mol. The molecule has 0 spiro atoms. The lowest BCUT2D eigenvalue weighted by Gasteiger charge is -2.27. The largest absolute Gasteiger partial charge is 0.351 e. The average molecular weight is 260 g/mol. The Labute approximate surface area is 115 Å². The van der Waals surface area contributed by atoms with Crippen molar-refractivity contribution in [1.82, 2.24) is 9.97 Å². The number of aryl methyl sites for hydroxylation is 2. The molecule has 0 amide bonds. The van der Waals surface area contributed by atoms with Gasteiger partial charge in [0.15, 0.2) is 0 Å². The van der Waals surface area contributed by atoms with E-state index in [1.165, 1.54) is 29.8 Å². The highest BCUT2D eigenvalue weighted by molar-refractivity contribution is 5.36. The van der Waals surface area contributed by atoms with E-state index in [4.69, 9.17) is 10.7 Å². The highest BCUT2D eigenvalue weighted by Gasteiger charge is 2.20. The minimum Gasteiger partial charge on any atom is -0.351 e. The Balaban J connectivity index is 1.73. The third-order valence-corrected chi connectivity index (χ3v) is 4.49. The summed E-state index contributed by atoms with van der Waals surface area (Å²) in [6, 6.07) is 0.894. The minimum atomic E-state index is 0.393. The van der Waals surface area contributed by atoms with Crippen molar-refractivity contribution in [3.05, 3.63) is 17.0 Å². The van der Waals surface area contributed by atoms with E-state index in [0.717, 1.165) is 44.5 Å². The third-order valence-electron chi connectivity index (χ3n) is 4.49. The molecule has 19 heavy (non-hydrogen) atoms. The molecule has 3 N–H and O–H groups in total. The van der Waals surface area contributed by atoms with Crippen LogP contribution in [-0.4, -0.2) is 22.1 Å². The first-order valence-corrected chi connectivity index (χ1v) is 7.61. The number of anilines is 1. The summed E-state index contributed by atoms with van der Waals surface area (Å²) in [5.41, 5.74) is 9.78. The summed E-state index contributed by atoms with van der Waals surface area (Å²) in [4.78, 5) is 9.38. The van der Waals surface area contributed by atoms with Crippen molar-refractivity contribution in [2.24, 2.45) is 5.73 Å². The van der Waals surface area contributed by atoms with Crippen LogP contribution in [0, 0.1) is 6.92 Å². The van der Waals surface area contributed by atoms with Gasteiger partial charge in [-0.2, -0.15) is 0 Å². The van der Waals surface area contributed by atoms with Gasteiger partial charge in [-0.15, -0.1) is 0 Å². The molecule has 0 bridgehead atoms. The quantitative estimate of drug-likeness (QED) is 0.856. The van der Waals surface area contributed by atoms with E-state index in [0.29, 0.717) is 12.1 Å². The molecule has 4 nitrogen and oxygen atoms in total. The Morgan fingerprint density at radius 2 is 1.79 bits per heavy atom. The summed E-state index contributed by atoms with van der Waals surface area (Å²) in [6.07, 6.45) is 9.32. The molecule has 0 saturated heterocycles. The Hall–Kier alpha value is -1.16. The molecule has 0 aliphatic heterocycles. The molecule has 1 heterocycles. The van der Waals surface area contributed by atoms with Gasteiger partial charge < -0.3 is 11.1 Å². The molecule has 0 radical (unpaired) electrons. The second-order valence-corrected chi connectivity index (χ2v) is 6.02. The number of nitrogens with zero attached hydrogens (tertiary/aromatic N) is 2. The lowest BCUT2D eigenvalue weighted by Crippen LogP contribution is -2.33. The van der Waals surface area contributed by atoms with Crippen LogP contribution in [0.1, 0.15) is 55.5 Å². The molecule has 0 atom stereocenters. The van der Waals surface area contributed by atoms with Crippen molar-refractivity contribution in [1.29, 1.82) is 0 Å². The van der Waals surface area contributed by atoms with Gasteiger partial charge in [0, 0.05) is 23.5 Å². The fourth-order valence-corrected chi connectivity index (χ4v) is 3.29. The number of fused-ring (bicyclic) bond motifs is 1. The SMILES string of the molecule is Cc1nc(NC2CCC(N)CC2)nc2c1CCCC2. The van der Waals surface area contributed by atoms with Crippen LogP contribution in [0.2, 0.25) is 0 Å². The van der Waals surface area contributed by atoms with E-state index in [1.54, 1.807) is 0 Å². The first-order chi connectivity index (χ1) is 9.22. The van der Waals surface area contributed by atoms with E-state index < -0.39 is 0 Å². The molecular formula is C15H24N4. The fourth-order valence-electron chi connectivity index (χ4n) is 3.29. The molecule has 0 unspecified atom stereocenters. The maximum atomic E-state index is 5.95. The van der Waals surface area contributed by atoms with Gasteiger partial charge >= 0.3 is 0 Å². The second-order valence-electron chi connectivity index (χ2n) is 6.02. The standard InChI is InChI=1S/C15H24N4/c1-10-13-4-2-3-5-14(13)19-15(17-10)18-12-8-6-11(16)7-9-12/h11-12H,2-9,16H2,1H3,(H,17,18,19). The van der Waals surface area contributed by atoms with Crippen LogP contribution in [0.25, 0.3) is 0 Å². The lowest BCUT2D eigenvalue weighted by atomic mass is 9.92. The normalized spacial score (nSPS) is 26.8. The van der Waals surface area contributed by atoms with Gasteiger partial charge in [-0.05, 0) is 63.9 Å². The maximum Gasteiger partial charge on any atom is 0.223 e. The van der Waals surface area contributed by atoms with E-state index in [9.17, 15) is 0 Å². The summed E-state index contributed by atoms with van der Waals surface area (Å²) in [6.45, 7) is 2.12. The number of nitrogens with one attached hydrogen (secondary N) is 1. The maximum absolute atomic E-state index is 5.95. The Morgan fingerprint density at radius 1 is 1.05 bits per heavy atom. The second kappa shape index (κ2) is 5.45. The number of nitrogens with two attached hydrogens (primary N) is 1. The molecule has 1 saturated carbocycles. The number of rotatable bonds is 2. The Bertz CT molecular complexity index is 450. The fraction of sp³-hybridized carbons (Fsp3) is 0.733. The van der Waals surface area contributed by atoms with Crippen molar-refractivity contribution >= 4 is 5.95 Å². The summed E-state index contributed by atoms with van der Waals surface area (Å²) in [7, 11) is 0. The molecule has 1 aromatic rings. The van der Waals surface area contributed by atoms with Gasteiger partial charge in [0.2, 0.25) is 5.95 Å². The summed E-state index contributed by atoms with van der Waals surface area (Å²) >= 11 is 0. The summed E-state index contributed by atoms with van der Waals surface area (Å²) in [5.74, 6) is 0.832. The molecule has 2 aliphatic rings. The van der Waals surface area contributed by atoms with E-state index >= 15 is 0 Å². The van der Waals surface area contributed by atoms with Crippen LogP contribution in [0.5, 0.6) is 0 Å².